The van der Waals surface area contributed by atoms with E-state index in [-0.39, 0.29) is 24.3 Å². The summed E-state index contributed by atoms with van der Waals surface area (Å²) >= 11 is 3.23. The molecule has 0 saturated carbocycles. The van der Waals surface area contributed by atoms with E-state index in [0.29, 0.717) is 16.5 Å². The second kappa shape index (κ2) is 7.80. The largest absolute Gasteiger partial charge is 0.466 e. The predicted molar refractivity (Wildman–Crippen MR) is 70.8 cm³/mol. The van der Waals surface area contributed by atoms with Crippen LogP contribution in [0.2, 0.25) is 0 Å². The topological polar surface area (TPSA) is 59.3 Å². The van der Waals surface area contributed by atoms with Crippen molar-refractivity contribution < 1.29 is 23.0 Å². The molecule has 0 amide bonds. The summed E-state index contributed by atoms with van der Waals surface area (Å²) in [5.41, 5.74) is 0.910. The van der Waals surface area contributed by atoms with E-state index in [4.69, 9.17) is 10.00 Å². The van der Waals surface area contributed by atoms with Gasteiger partial charge in [0, 0.05) is 5.33 Å². The molecule has 1 aromatic carbocycles. The number of alkyl halides is 3. The Hall–Kier alpha value is -1.68. The maximum Gasteiger partial charge on any atom is 0.387 e. The molecule has 20 heavy (non-hydrogen) atoms. The fourth-order valence-electron chi connectivity index (χ4n) is 1.67. The van der Waals surface area contributed by atoms with Gasteiger partial charge in [-0.2, -0.15) is 14.0 Å². The summed E-state index contributed by atoms with van der Waals surface area (Å²) < 4.78 is 33.7. The summed E-state index contributed by atoms with van der Waals surface area (Å²) in [6.07, 6.45) is -0.169. The third kappa shape index (κ3) is 4.17. The molecule has 7 heteroatoms. The molecule has 0 atom stereocenters. The van der Waals surface area contributed by atoms with E-state index in [0.717, 1.165) is 0 Å². The maximum atomic E-state index is 12.3. The molecule has 0 aromatic heterocycles. The van der Waals surface area contributed by atoms with Gasteiger partial charge in [0.25, 0.3) is 0 Å². The van der Waals surface area contributed by atoms with E-state index in [1.54, 1.807) is 13.0 Å². The number of halogens is 3. The van der Waals surface area contributed by atoms with Gasteiger partial charge in [0.2, 0.25) is 0 Å². The molecule has 0 N–H and O–H groups in total. The number of nitriles is 1. The molecule has 0 heterocycles. The van der Waals surface area contributed by atoms with Crippen LogP contribution in [-0.4, -0.2) is 19.2 Å². The molecular formula is C13H12BrF2NO3. The molecule has 0 aliphatic carbocycles. The molecule has 108 valence electrons. The van der Waals surface area contributed by atoms with Gasteiger partial charge in [-0.3, -0.25) is 4.79 Å². The number of nitrogens with zero attached hydrogens (tertiary/aromatic N) is 1. The lowest BCUT2D eigenvalue weighted by molar-refractivity contribution is -0.142. The van der Waals surface area contributed by atoms with Gasteiger partial charge in [-0.25, -0.2) is 0 Å². The number of benzene rings is 1. The second-order valence-corrected chi connectivity index (χ2v) is 4.24. The van der Waals surface area contributed by atoms with Crippen molar-refractivity contribution in [2.45, 2.75) is 25.3 Å². The van der Waals surface area contributed by atoms with E-state index in [1.807, 2.05) is 0 Å². The van der Waals surface area contributed by atoms with Gasteiger partial charge in [0.1, 0.15) is 11.8 Å². The maximum absolute atomic E-state index is 12.3. The highest BCUT2D eigenvalue weighted by Crippen LogP contribution is 2.28. The van der Waals surface area contributed by atoms with Crippen LogP contribution in [0.1, 0.15) is 23.6 Å². The van der Waals surface area contributed by atoms with E-state index in [1.165, 1.54) is 12.1 Å². The van der Waals surface area contributed by atoms with Crippen LogP contribution >= 0.6 is 15.9 Å². The minimum absolute atomic E-state index is 0.0738. The minimum atomic E-state index is -3.03. The number of rotatable bonds is 6. The van der Waals surface area contributed by atoms with Crippen LogP contribution in [-0.2, 0) is 21.3 Å². The first-order valence-corrected chi connectivity index (χ1v) is 6.86. The Labute approximate surface area is 123 Å². The smallest absolute Gasteiger partial charge is 0.387 e. The van der Waals surface area contributed by atoms with Gasteiger partial charge in [0.05, 0.1) is 18.6 Å². The van der Waals surface area contributed by atoms with Crippen molar-refractivity contribution in [3.05, 3.63) is 28.8 Å². The van der Waals surface area contributed by atoms with Crippen LogP contribution in [0.15, 0.2) is 12.1 Å². The fraction of sp³-hybridized carbons (Fsp3) is 0.385. The lowest BCUT2D eigenvalue weighted by Gasteiger charge is -2.13. The standard InChI is InChI=1S/C13H12BrF2NO3/c1-2-19-12(18)5-9-8(6-14)3-4-11(10(9)7-17)20-13(15)16/h3-4,13H,2,5-6H2,1H3. The van der Waals surface area contributed by atoms with Crippen LogP contribution < -0.4 is 4.74 Å². The molecule has 0 unspecified atom stereocenters. The summed E-state index contributed by atoms with van der Waals surface area (Å²) in [5, 5.41) is 9.51. The van der Waals surface area contributed by atoms with Gasteiger partial charge in [-0.05, 0) is 24.1 Å². The predicted octanol–water partition coefficient (Wildman–Crippen LogP) is 3.16. The van der Waals surface area contributed by atoms with Crippen molar-refractivity contribution in [1.29, 1.82) is 5.26 Å². The van der Waals surface area contributed by atoms with Crippen molar-refractivity contribution in [2.75, 3.05) is 6.61 Å². The van der Waals surface area contributed by atoms with Gasteiger partial charge in [0.15, 0.2) is 0 Å². The summed E-state index contributed by atoms with van der Waals surface area (Å²) in [4.78, 5) is 11.5. The van der Waals surface area contributed by atoms with E-state index < -0.39 is 12.6 Å². The Balaban J connectivity index is 3.22. The monoisotopic (exact) mass is 347 g/mol. The third-order valence-electron chi connectivity index (χ3n) is 2.47. The Bertz CT molecular complexity index is 529. The van der Waals surface area contributed by atoms with Crippen molar-refractivity contribution in [2.24, 2.45) is 0 Å². The highest BCUT2D eigenvalue weighted by Gasteiger charge is 2.19. The highest BCUT2D eigenvalue weighted by atomic mass is 79.9. The Morgan fingerprint density at radius 3 is 2.70 bits per heavy atom. The van der Waals surface area contributed by atoms with E-state index >= 15 is 0 Å². The van der Waals surface area contributed by atoms with Gasteiger partial charge in [-0.15, -0.1) is 0 Å². The zero-order chi connectivity index (χ0) is 15.1. The first-order chi connectivity index (χ1) is 9.53. The molecule has 1 aromatic rings. The van der Waals surface area contributed by atoms with Gasteiger partial charge in [-0.1, -0.05) is 22.0 Å². The van der Waals surface area contributed by atoms with Gasteiger partial charge >= 0.3 is 12.6 Å². The lowest BCUT2D eigenvalue weighted by Crippen LogP contribution is -2.12. The first-order valence-electron chi connectivity index (χ1n) is 5.74. The molecule has 1 rings (SSSR count). The highest BCUT2D eigenvalue weighted by molar-refractivity contribution is 9.08. The second-order valence-electron chi connectivity index (χ2n) is 3.68. The van der Waals surface area contributed by atoms with Crippen LogP contribution in [0.4, 0.5) is 8.78 Å². The van der Waals surface area contributed by atoms with Crippen molar-refractivity contribution >= 4 is 21.9 Å². The quantitative estimate of drug-likeness (QED) is 0.585. The number of carbonyl (C=O) groups is 1. The molecule has 0 fully saturated rings. The molecular weight excluding hydrogens is 336 g/mol. The molecule has 4 nitrogen and oxygen atoms in total. The molecule has 0 spiro atoms. The first kappa shape index (κ1) is 16.4. The zero-order valence-electron chi connectivity index (χ0n) is 10.7. The number of carbonyl (C=O) groups excluding carboxylic acids is 1. The minimum Gasteiger partial charge on any atom is -0.466 e. The average Bonchev–Trinajstić information content (AvgIpc) is 2.39. The lowest BCUT2D eigenvalue weighted by atomic mass is 9.99. The van der Waals surface area contributed by atoms with Crippen molar-refractivity contribution in [3.63, 3.8) is 0 Å². The van der Waals surface area contributed by atoms with Gasteiger partial charge < -0.3 is 9.47 Å². The number of hydrogen-bond donors (Lipinski definition) is 0. The molecule has 0 aliphatic rings. The van der Waals surface area contributed by atoms with Crippen LogP contribution in [0.5, 0.6) is 5.75 Å². The van der Waals surface area contributed by atoms with Crippen LogP contribution in [0.25, 0.3) is 0 Å². The summed E-state index contributed by atoms with van der Waals surface area (Å²) in [5.74, 6) is -0.771. The Morgan fingerprint density at radius 2 is 2.20 bits per heavy atom. The third-order valence-corrected chi connectivity index (χ3v) is 3.07. The summed E-state index contributed by atoms with van der Waals surface area (Å²) in [6, 6.07) is 4.62. The molecule has 0 radical (unpaired) electrons. The number of ether oxygens (including phenoxy) is 2. The van der Waals surface area contributed by atoms with Crippen LogP contribution in [0, 0.1) is 11.3 Å². The number of esters is 1. The summed E-state index contributed by atoms with van der Waals surface area (Å²) in [6.45, 7) is -1.17. The molecule has 0 bridgehead atoms. The number of hydrogen-bond acceptors (Lipinski definition) is 4. The van der Waals surface area contributed by atoms with E-state index in [9.17, 15) is 13.6 Å². The van der Waals surface area contributed by atoms with Crippen molar-refractivity contribution in [3.8, 4) is 11.8 Å². The average molecular weight is 348 g/mol. The zero-order valence-corrected chi connectivity index (χ0v) is 12.2. The van der Waals surface area contributed by atoms with Crippen LogP contribution in [0.3, 0.4) is 0 Å². The molecule has 0 aliphatic heterocycles. The van der Waals surface area contributed by atoms with E-state index in [2.05, 4.69) is 20.7 Å². The fourth-order valence-corrected chi connectivity index (χ4v) is 2.20. The SMILES string of the molecule is CCOC(=O)Cc1c(CBr)ccc(OC(F)F)c1C#N. The Morgan fingerprint density at radius 1 is 1.50 bits per heavy atom. The summed E-state index contributed by atoms with van der Waals surface area (Å²) in [7, 11) is 0. The normalized spacial score (nSPS) is 10.2. The Kier molecular flexibility index (Phi) is 6.39. The van der Waals surface area contributed by atoms with Crippen molar-refractivity contribution in [1.82, 2.24) is 0 Å². The molecule has 0 saturated heterocycles.